The molecule has 0 aromatic carbocycles. The highest BCUT2D eigenvalue weighted by Gasteiger charge is 2.64. The first-order chi connectivity index (χ1) is 13.7. The smallest absolute Gasteiger partial charge is 0.172 e. The normalized spacial score (nSPS) is 39.5. The number of carbonyl (C=O) groups excluding carboxylic acids is 3. The summed E-state index contributed by atoms with van der Waals surface area (Å²) in [6.07, 6.45) is 5.72. The van der Waals surface area contributed by atoms with Crippen molar-refractivity contribution < 1.29 is 19.5 Å². The molecular weight excluding hydrogens is 364 g/mol. The maximum absolute atomic E-state index is 13.4. The minimum Gasteiger partial charge on any atom is -0.390 e. The lowest BCUT2D eigenvalue weighted by Crippen LogP contribution is -2.62. The number of allylic oxidation sites excluding steroid dienone is 2. The zero-order valence-corrected chi connectivity index (χ0v) is 19.1. The topological polar surface area (TPSA) is 71.4 Å². The van der Waals surface area contributed by atoms with Crippen molar-refractivity contribution in [1.29, 1.82) is 0 Å². The Labute approximate surface area is 176 Å². The van der Waals surface area contributed by atoms with Gasteiger partial charge in [0.15, 0.2) is 11.6 Å². The lowest BCUT2D eigenvalue weighted by molar-refractivity contribution is -0.163. The van der Waals surface area contributed by atoms with Crippen molar-refractivity contribution in [2.75, 3.05) is 0 Å². The van der Waals surface area contributed by atoms with Crippen LogP contribution in [0.3, 0.4) is 0 Å². The molecule has 0 heterocycles. The highest BCUT2D eigenvalue weighted by Crippen LogP contribution is 2.60. The second-order valence-electron chi connectivity index (χ2n) is 8.89. The molecule has 0 bridgehead atoms. The Morgan fingerprint density at radius 1 is 1.07 bits per heavy atom. The Balaban J connectivity index is 0.000000989. The summed E-state index contributed by atoms with van der Waals surface area (Å²) in [5.74, 6) is -0.0642. The fourth-order valence-electron chi connectivity index (χ4n) is 6.23. The molecule has 3 aliphatic rings. The lowest BCUT2D eigenvalue weighted by atomic mass is 9.45. The number of aliphatic hydroxyl groups is 1. The zero-order chi connectivity index (χ0) is 22.6. The van der Waals surface area contributed by atoms with Crippen LogP contribution in [-0.2, 0) is 14.4 Å². The molecule has 3 fully saturated rings. The van der Waals surface area contributed by atoms with Gasteiger partial charge in [0.05, 0.1) is 11.0 Å². The van der Waals surface area contributed by atoms with Gasteiger partial charge in [-0.3, -0.25) is 9.59 Å². The summed E-state index contributed by atoms with van der Waals surface area (Å²) < 4.78 is 0. The molecule has 4 heteroatoms. The highest BCUT2D eigenvalue weighted by molar-refractivity contribution is 6.20. The van der Waals surface area contributed by atoms with E-state index in [4.69, 9.17) is 4.79 Å². The SMILES string of the molecule is C=C1CCC2C3C(C(=C)C(=O)C2(CC)C1=O)C(C)CCCC[C@]3(C)O.C=O.CC. The van der Waals surface area contributed by atoms with Crippen LogP contribution in [0.15, 0.2) is 24.3 Å². The van der Waals surface area contributed by atoms with Gasteiger partial charge in [-0.2, -0.15) is 0 Å². The fraction of sp³-hybridized carbons (Fsp3) is 0.720. The first kappa shape index (κ1) is 25.5. The van der Waals surface area contributed by atoms with Crippen LogP contribution in [0.4, 0.5) is 0 Å². The van der Waals surface area contributed by atoms with Gasteiger partial charge in [-0.15, -0.1) is 0 Å². The molecule has 0 spiro atoms. The Morgan fingerprint density at radius 2 is 1.66 bits per heavy atom. The Hall–Kier alpha value is -1.55. The summed E-state index contributed by atoms with van der Waals surface area (Å²) >= 11 is 0. The van der Waals surface area contributed by atoms with Crippen LogP contribution in [0, 0.1) is 29.1 Å². The van der Waals surface area contributed by atoms with E-state index in [1.165, 1.54) is 0 Å². The monoisotopic (exact) mass is 404 g/mol. The summed E-state index contributed by atoms with van der Waals surface area (Å²) in [5, 5.41) is 11.4. The van der Waals surface area contributed by atoms with E-state index in [1.54, 1.807) is 0 Å². The molecular formula is C25H40O4. The van der Waals surface area contributed by atoms with Gasteiger partial charge < -0.3 is 9.90 Å². The minimum atomic E-state index is -1.05. The van der Waals surface area contributed by atoms with E-state index in [0.29, 0.717) is 29.9 Å². The van der Waals surface area contributed by atoms with Gasteiger partial charge in [-0.25, -0.2) is 0 Å². The molecule has 0 radical (unpaired) electrons. The molecule has 0 aliphatic heterocycles. The Bertz CT molecular complexity index is 647. The summed E-state index contributed by atoms with van der Waals surface area (Å²) in [7, 11) is 0. The maximum Gasteiger partial charge on any atom is 0.172 e. The number of rotatable bonds is 1. The number of Topliss-reactive ketones (excluding diaryl/α,β-unsaturated/α-hetero) is 2. The minimum absolute atomic E-state index is 0.0216. The largest absolute Gasteiger partial charge is 0.390 e. The zero-order valence-electron chi connectivity index (χ0n) is 19.1. The highest BCUT2D eigenvalue weighted by atomic mass is 16.3. The molecule has 0 saturated heterocycles. The molecule has 5 unspecified atom stereocenters. The maximum atomic E-state index is 13.4. The van der Waals surface area contributed by atoms with E-state index in [1.807, 2.05) is 34.5 Å². The van der Waals surface area contributed by atoms with Crippen molar-refractivity contribution in [3.8, 4) is 0 Å². The standard InChI is InChI=1S/C22H32O3.C2H6.CH2O/c1-6-22-16(11-10-14(3)19(22)23)18-17(15(4)20(22)24)13(2)9-7-8-12-21(18,5)25;2*1-2/h13,16-18,25H,3-4,6-12H2,1-2,5H3;1-2H3;1H2/t13?,16?,17?,18?,21-,22?;;/m0../s1. The van der Waals surface area contributed by atoms with Crippen molar-refractivity contribution in [3.05, 3.63) is 24.3 Å². The van der Waals surface area contributed by atoms with Crippen LogP contribution in [0.25, 0.3) is 0 Å². The molecule has 6 atom stereocenters. The van der Waals surface area contributed by atoms with E-state index >= 15 is 0 Å². The molecule has 164 valence electrons. The van der Waals surface area contributed by atoms with Crippen LogP contribution < -0.4 is 0 Å². The van der Waals surface area contributed by atoms with Crippen LogP contribution >= 0.6 is 0 Å². The first-order valence-corrected chi connectivity index (χ1v) is 11.2. The van der Waals surface area contributed by atoms with Crippen LogP contribution in [0.2, 0.25) is 0 Å². The predicted molar refractivity (Wildman–Crippen MR) is 117 cm³/mol. The van der Waals surface area contributed by atoms with Gasteiger partial charge in [0.25, 0.3) is 0 Å². The average molecular weight is 405 g/mol. The average Bonchev–Trinajstić information content (AvgIpc) is 2.72. The number of carbonyl (C=O) groups is 3. The predicted octanol–water partition coefficient (Wildman–Crippen LogP) is 5.09. The molecule has 3 rings (SSSR count). The Morgan fingerprint density at radius 3 is 2.21 bits per heavy atom. The number of hydrogen-bond acceptors (Lipinski definition) is 4. The van der Waals surface area contributed by atoms with Crippen LogP contribution in [0.5, 0.6) is 0 Å². The molecule has 1 N–H and O–H groups in total. The summed E-state index contributed by atoms with van der Waals surface area (Å²) in [6, 6.07) is 0. The number of ketones is 2. The first-order valence-electron chi connectivity index (χ1n) is 11.2. The molecule has 0 aromatic heterocycles. The van der Waals surface area contributed by atoms with Crippen molar-refractivity contribution >= 4 is 18.4 Å². The van der Waals surface area contributed by atoms with Gasteiger partial charge in [0.2, 0.25) is 0 Å². The van der Waals surface area contributed by atoms with Crippen molar-refractivity contribution in [2.45, 2.75) is 85.2 Å². The van der Waals surface area contributed by atoms with Crippen molar-refractivity contribution in [3.63, 3.8) is 0 Å². The van der Waals surface area contributed by atoms with Gasteiger partial charge in [-0.05, 0) is 67.4 Å². The van der Waals surface area contributed by atoms with Gasteiger partial charge in [-0.1, -0.05) is 60.1 Å². The van der Waals surface area contributed by atoms with Crippen LogP contribution in [0.1, 0.15) is 79.6 Å². The van der Waals surface area contributed by atoms with E-state index in [2.05, 4.69) is 20.1 Å². The van der Waals surface area contributed by atoms with Crippen molar-refractivity contribution in [1.82, 2.24) is 0 Å². The summed E-state index contributed by atoms with van der Waals surface area (Å²) in [4.78, 5) is 34.6. The number of fused-ring (bicyclic) bond motifs is 3. The van der Waals surface area contributed by atoms with E-state index < -0.39 is 11.0 Å². The third-order valence-electron chi connectivity index (χ3n) is 7.52. The summed E-state index contributed by atoms with van der Waals surface area (Å²) in [6.45, 7) is 20.1. The summed E-state index contributed by atoms with van der Waals surface area (Å²) in [5.41, 5.74) is -0.777. The second-order valence-corrected chi connectivity index (χ2v) is 8.89. The number of hydrogen-bond donors (Lipinski definition) is 1. The van der Waals surface area contributed by atoms with E-state index in [0.717, 1.165) is 32.1 Å². The van der Waals surface area contributed by atoms with Crippen molar-refractivity contribution in [2.24, 2.45) is 29.1 Å². The van der Waals surface area contributed by atoms with E-state index in [-0.39, 0.29) is 29.3 Å². The quantitative estimate of drug-likeness (QED) is 0.488. The molecule has 0 amide bonds. The molecule has 0 aromatic rings. The Kier molecular flexibility index (Phi) is 8.76. The van der Waals surface area contributed by atoms with Gasteiger partial charge in [0, 0.05) is 0 Å². The molecule has 3 saturated carbocycles. The fourth-order valence-corrected chi connectivity index (χ4v) is 6.23. The second kappa shape index (κ2) is 9.97. The third-order valence-corrected chi connectivity index (χ3v) is 7.52. The van der Waals surface area contributed by atoms with Gasteiger partial charge in [0.1, 0.15) is 6.79 Å². The lowest BCUT2D eigenvalue weighted by Gasteiger charge is -2.58. The third kappa shape index (κ3) is 4.05. The van der Waals surface area contributed by atoms with Crippen LogP contribution in [-0.4, -0.2) is 29.1 Å². The van der Waals surface area contributed by atoms with E-state index in [9.17, 15) is 14.7 Å². The molecule has 3 aliphatic carbocycles. The van der Waals surface area contributed by atoms with Gasteiger partial charge >= 0.3 is 0 Å². The molecule has 29 heavy (non-hydrogen) atoms. The molecule has 4 nitrogen and oxygen atoms in total.